The smallest absolute Gasteiger partial charge is 0.244 e. The van der Waals surface area contributed by atoms with Gasteiger partial charge in [-0.25, -0.2) is 13.1 Å². The van der Waals surface area contributed by atoms with Crippen molar-refractivity contribution in [3.8, 4) is 0 Å². The predicted octanol–water partition coefficient (Wildman–Crippen LogP) is 1.77. The minimum absolute atomic E-state index is 0.0684. The summed E-state index contributed by atoms with van der Waals surface area (Å²) in [7, 11) is -3.55. The average molecular weight is 283 g/mol. The van der Waals surface area contributed by atoms with Crippen LogP contribution in [0.2, 0.25) is 0 Å². The molecule has 0 saturated heterocycles. The highest BCUT2D eigenvalue weighted by Gasteiger charge is 2.22. The van der Waals surface area contributed by atoms with E-state index in [4.69, 9.17) is 5.73 Å². The van der Waals surface area contributed by atoms with E-state index in [0.717, 1.165) is 12.8 Å². The lowest BCUT2D eigenvalue weighted by Gasteiger charge is -2.26. The Hall–Kier alpha value is -1.14. The summed E-state index contributed by atoms with van der Waals surface area (Å²) < 4.78 is 27.0. The second-order valence-corrected chi connectivity index (χ2v) is 7.14. The molecular weight excluding hydrogens is 262 g/mol. The molecule has 1 saturated carbocycles. The molecule has 2 unspecified atom stereocenters. The standard InChI is InChI=1S/C13H21N3O2S/c1-10-3-2-4-11(7-10)8-16-19(17,18)13-9-15-6-5-12(13)14/h5-6,9-11,16H,2-4,7-8H2,1H3,(H2,14,15). The molecule has 19 heavy (non-hydrogen) atoms. The number of hydrogen-bond acceptors (Lipinski definition) is 4. The maximum Gasteiger partial charge on any atom is 0.244 e. The van der Waals surface area contributed by atoms with Crippen LogP contribution in [0, 0.1) is 11.8 Å². The number of sulfonamides is 1. The average Bonchev–Trinajstić information content (AvgIpc) is 2.37. The summed E-state index contributed by atoms with van der Waals surface area (Å²) in [4.78, 5) is 3.89. The molecule has 6 heteroatoms. The van der Waals surface area contributed by atoms with Crippen molar-refractivity contribution >= 4 is 15.7 Å². The van der Waals surface area contributed by atoms with Gasteiger partial charge in [-0.1, -0.05) is 19.8 Å². The number of aromatic nitrogens is 1. The van der Waals surface area contributed by atoms with Crippen molar-refractivity contribution in [1.82, 2.24) is 9.71 Å². The molecule has 3 N–H and O–H groups in total. The summed E-state index contributed by atoms with van der Waals surface area (Å²) in [6, 6.07) is 1.50. The van der Waals surface area contributed by atoms with Crippen LogP contribution in [0.15, 0.2) is 23.4 Å². The van der Waals surface area contributed by atoms with E-state index < -0.39 is 10.0 Å². The van der Waals surface area contributed by atoms with Crippen LogP contribution in [0.3, 0.4) is 0 Å². The zero-order valence-corrected chi connectivity index (χ0v) is 12.0. The summed E-state index contributed by atoms with van der Waals surface area (Å²) >= 11 is 0. The van der Waals surface area contributed by atoms with Crippen LogP contribution in [-0.2, 0) is 10.0 Å². The van der Waals surface area contributed by atoms with E-state index in [1.807, 2.05) is 0 Å². The summed E-state index contributed by atoms with van der Waals surface area (Å²) in [5.74, 6) is 1.11. The molecule has 1 aromatic heterocycles. The van der Waals surface area contributed by atoms with Gasteiger partial charge >= 0.3 is 0 Å². The van der Waals surface area contributed by atoms with Gasteiger partial charge in [-0.3, -0.25) is 4.98 Å². The number of pyridine rings is 1. The largest absolute Gasteiger partial charge is 0.398 e. The Morgan fingerprint density at radius 1 is 1.47 bits per heavy atom. The Labute approximate surface area is 114 Å². The minimum Gasteiger partial charge on any atom is -0.398 e. The normalized spacial score (nSPS) is 24.3. The van der Waals surface area contributed by atoms with Crippen LogP contribution in [0.4, 0.5) is 5.69 Å². The number of nitrogens with one attached hydrogen (secondary N) is 1. The maximum atomic E-state index is 12.1. The zero-order valence-electron chi connectivity index (χ0n) is 11.2. The SMILES string of the molecule is CC1CCCC(CNS(=O)(=O)c2cnccc2N)C1. The van der Waals surface area contributed by atoms with E-state index >= 15 is 0 Å². The van der Waals surface area contributed by atoms with Crippen molar-refractivity contribution in [3.63, 3.8) is 0 Å². The van der Waals surface area contributed by atoms with Crippen LogP contribution < -0.4 is 10.5 Å². The number of anilines is 1. The van der Waals surface area contributed by atoms with E-state index in [2.05, 4.69) is 16.6 Å². The molecule has 0 bridgehead atoms. The van der Waals surface area contributed by atoms with Gasteiger partial charge in [0.2, 0.25) is 10.0 Å². The molecule has 1 fully saturated rings. The van der Waals surface area contributed by atoms with Gasteiger partial charge in [0.25, 0.3) is 0 Å². The number of rotatable bonds is 4. The van der Waals surface area contributed by atoms with Gasteiger partial charge in [-0.15, -0.1) is 0 Å². The van der Waals surface area contributed by atoms with E-state index in [-0.39, 0.29) is 10.6 Å². The molecule has 5 nitrogen and oxygen atoms in total. The van der Waals surface area contributed by atoms with Crippen LogP contribution in [0.1, 0.15) is 32.6 Å². The Morgan fingerprint density at radius 2 is 2.26 bits per heavy atom. The van der Waals surface area contributed by atoms with E-state index in [1.54, 1.807) is 0 Å². The first-order valence-electron chi connectivity index (χ1n) is 6.68. The van der Waals surface area contributed by atoms with Crippen LogP contribution in [0.25, 0.3) is 0 Å². The topological polar surface area (TPSA) is 85.1 Å². The lowest BCUT2D eigenvalue weighted by Crippen LogP contribution is -2.32. The van der Waals surface area contributed by atoms with Gasteiger partial charge in [-0.05, 0) is 30.7 Å². The third-order valence-corrected chi connectivity index (χ3v) is 5.18. The molecule has 106 valence electrons. The molecule has 0 aromatic carbocycles. The lowest BCUT2D eigenvalue weighted by molar-refractivity contribution is 0.283. The van der Waals surface area contributed by atoms with E-state index in [0.29, 0.717) is 18.4 Å². The Balaban J connectivity index is 2.00. The third-order valence-electron chi connectivity index (χ3n) is 3.71. The highest BCUT2D eigenvalue weighted by Crippen LogP contribution is 2.28. The molecule has 1 aromatic rings. The van der Waals surface area contributed by atoms with Gasteiger partial charge in [0, 0.05) is 18.9 Å². The molecule has 0 amide bonds. The second kappa shape index (κ2) is 5.88. The van der Waals surface area contributed by atoms with Gasteiger partial charge in [-0.2, -0.15) is 0 Å². The molecule has 0 aliphatic heterocycles. The second-order valence-electron chi connectivity index (χ2n) is 5.40. The van der Waals surface area contributed by atoms with Crippen molar-refractivity contribution in [1.29, 1.82) is 0 Å². The summed E-state index contributed by atoms with van der Waals surface area (Å²) in [5, 5.41) is 0. The Morgan fingerprint density at radius 3 is 2.95 bits per heavy atom. The maximum absolute atomic E-state index is 12.1. The van der Waals surface area contributed by atoms with Gasteiger partial charge in [0.05, 0.1) is 5.69 Å². The number of hydrogen-bond donors (Lipinski definition) is 2. The van der Waals surface area contributed by atoms with Crippen LogP contribution in [-0.4, -0.2) is 19.9 Å². The van der Waals surface area contributed by atoms with Crippen molar-refractivity contribution in [2.45, 2.75) is 37.5 Å². The molecule has 0 radical (unpaired) electrons. The molecule has 1 heterocycles. The van der Waals surface area contributed by atoms with Crippen molar-refractivity contribution < 1.29 is 8.42 Å². The van der Waals surface area contributed by atoms with Crippen molar-refractivity contribution in [3.05, 3.63) is 18.5 Å². The fourth-order valence-corrected chi connectivity index (χ4v) is 3.85. The predicted molar refractivity (Wildman–Crippen MR) is 75.0 cm³/mol. The van der Waals surface area contributed by atoms with Gasteiger partial charge in [0.1, 0.15) is 4.90 Å². The fourth-order valence-electron chi connectivity index (χ4n) is 2.67. The van der Waals surface area contributed by atoms with E-state index in [1.165, 1.54) is 31.3 Å². The molecule has 1 aliphatic rings. The minimum atomic E-state index is -3.55. The fraction of sp³-hybridized carbons (Fsp3) is 0.615. The molecule has 0 spiro atoms. The molecule has 2 atom stereocenters. The van der Waals surface area contributed by atoms with Crippen molar-refractivity contribution in [2.24, 2.45) is 11.8 Å². The quantitative estimate of drug-likeness (QED) is 0.882. The zero-order chi connectivity index (χ0) is 13.9. The molecular formula is C13H21N3O2S. The first-order chi connectivity index (χ1) is 8.99. The number of nitrogen functional groups attached to an aromatic ring is 1. The van der Waals surface area contributed by atoms with Gasteiger partial charge < -0.3 is 5.73 Å². The first kappa shape index (κ1) is 14.3. The van der Waals surface area contributed by atoms with E-state index in [9.17, 15) is 8.42 Å². The number of nitrogens with two attached hydrogens (primary N) is 1. The third kappa shape index (κ3) is 3.67. The monoisotopic (exact) mass is 283 g/mol. The Kier molecular flexibility index (Phi) is 4.42. The summed E-state index contributed by atoms with van der Waals surface area (Å²) in [6.45, 7) is 2.71. The van der Waals surface area contributed by atoms with Crippen LogP contribution in [0.5, 0.6) is 0 Å². The summed E-state index contributed by atoms with van der Waals surface area (Å²) in [5.41, 5.74) is 5.91. The Bertz CT molecular complexity index is 530. The highest BCUT2D eigenvalue weighted by molar-refractivity contribution is 7.89. The molecule has 1 aliphatic carbocycles. The van der Waals surface area contributed by atoms with Gasteiger partial charge in [0.15, 0.2) is 0 Å². The first-order valence-corrected chi connectivity index (χ1v) is 8.16. The lowest BCUT2D eigenvalue weighted by atomic mass is 9.83. The highest BCUT2D eigenvalue weighted by atomic mass is 32.2. The van der Waals surface area contributed by atoms with Crippen LogP contribution >= 0.6 is 0 Å². The summed E-state index contributed by atoms with van der Waals surface area (Å²) in [6.07, 6.45) is 7.39. The number of nitrogens with zero attached hydrogens (tertiary/aromatic N) is 1. The molecule has 2 rings (SSSR count). The van der Waals surface area contributed by atoms with Crippen molar-refractivity contribution in [2.75, 3.05) is 12.3 Å².